The Labute approximate surface area is 107 Å². The number of aromatic nitrogens is 2. The fraction of sp³-hybridized carbons (Fsp3) is 0.667. The Morgan fingerprint density at radius 2 is 2.17 bits per heavy atom. The van der Waals surface area contributed by atoms with Crippen LogP contribution in [0.4, 0.5) is 0 Å². The molecule has 0 saturated heterocycles. The van der Waals surface area contributed by atoms with Crippen molar-refractivity contribution in [2.24, 2.45) is 13.0 Å². The van der Waals surface area contributed by atoms with E-state index in [0.29, 0.717) is 18.5 Å². The van der Waals surface area contributed by atoms with Gasteiger partial charge in [0, 0.05) is 25.4 Å². The van der Waals surface area contributed by atoms with Crippen LogP contribution in [0, 0.1) is 5.92 Å². The summed E-state index contributed by atoms with van der Waals surface area (Å²) in [4.78, 5) is 12.3. The van der Waals surface area contributed by atoms with Gasteiger partial charge in [-0.1, -0.05) is 6.42 Å². The lowest BCUT2D eigenvalue weighted by atomic mass is 9.85. The number of nitrogens with zero attached hydrogens (tertiary/aromatic N) is 2. The molecule has 1 aromatic rings. The topological polar surface area (TPSA) is 69.0 Å². The molecule has 6 heteroatoms. The molecule has 2 atom stereocenters. The molecule has 1 fully saturated rings. The third-order valence-electron chi connectivity index (χ3n) is 3.68. The first-order valence-corrected chi connectivity index (χ1v) is 8.06. The van der Waals surface area contributed by atoms with Crippen LogP contribution in [0.1, 0.15) is 36.2 Å². The Hall–Kier alpha value is -1.17. The van der Waals surface area contributed by atoms with Crippen LogP contribution in [0.25, 0.3) is 0 Å². The third-order valence-corrected chi connectivity index (χ3v) is 5.31. The van der Waals surface area contributed by atoms with Crippen LogP contribution >= 0.6 is 0 Å². The zero-order valence-electron chi connectivity index (χ0n) is 10.7. The van der Waals surface area contributed by atoms with Gasteiger partial charge in [0.05, 0.1) is 5.25 Å². The number of hydrogen-bond donors (Lipinski definition) is 0. The molecule has 2 unspecified atom stereocenters. The Kier molecular flexibility index (Phi) is 3.56. The van der Waals surface area contributed by atoms with Gasteiger partial charge in [-0.2, -0.15) is 5.10 Å². The van der Waals surface area contributed by atoms with Crippen molar-refractivity contribution in [3.05, 3.63) is 18.0 Å². The molecule has 5 nitrogen and oxygen atoms in total. The number of carbonyl (C=O) groups is 1. The van der Waals surface area contributed by atoms with Crippen molar-refractivity contribution in [2.45, 2.75) is 30.9 Å². The number of sulfone groups is 1. The molecule has 1 saturated carbocycles. The summed E-state index contributed by atoms with van der Waals surface area (Å²) in [5, 5.41) is 3.61. The van der Waals surface area contributed by atoms with E-state index < -0.39 is 9.84 Å². The van der Waals surface area contributed by atoms with E-state index in [9.17, 15) is 13.2 Å². The summed E-state index contributed by atoms with van der Waals surface area (Å²) in [6, 6.07) is 1.69. The van der Waals surface area contributed by atoms with Crippen LogP contribution in [0.3, 0.4) is 0 Å². The maximum atomic E-state index is 12.3. The van der Waals surface area contributed by atoms with E-state index in [1.165, 1.54) is 6.26 Å². The minimum absolute atomic E-state index is 0.0170. The summed E-state index contributed by atoms with van der Waals surface area (Å²) in [5.41, 5.74) is 0.564. The summed E-state index contributed by atoms with van der Waals surface area (Å²) < 4.78 is 24.7. The van der Waals surface area contributed by atoms with Gasteiger partial charge in [-0.25, -0.2) is 8.42 Å². The molecule has 0 aromatic carbocycles. The smallest absolute Gasteiger partial charge is 0.183 e. The monoisotopic (exact) mass is 270 g/mol. The number of aryl methyl sites for hydroxylation is 1. The van der Waals surface area contributed by atoms with Gasteiger partial charge >= 0.3 is 0 Å². The Morgan fingerprint density at radius 1 is 1.44 bits per heavy atom. The molecule has 1 aliphatic carbocycles. The molecule has 18 heavy (non-hydrogen) atoms. The molecule has 0 radical (unpaired) electrons. The van der Waals surface area contributed by atoms with Gasteiger partial charge in [0.25, 0.3) is 0 Å². The average Bonchev–Trinajstić information content (AvgIpc) is 2.73. The normalized spacial score (nSPS) is 25.0. The van der Waals surface area contributed by atoms with Crippen molar-refractivity contribution in [1.29, 1.82) is 0 Å². The van der Waals surface area contributed by atoms with Gasteiger partial charge in [-0.3, -0.25) is 9.48 Å². The van der Waals surface area contributed by atoms with Crippen molar-refractivity contribution >= 4 is 15.6 Å². The lowest BCUT2D eigenvalue weighted by molar-refractivity contribution is 0.0881. The van der Waals surface area contributed by atoms with Crippen molar-refractivity contribution in [1.82, 2.24) is 9.78 Å². The highest BCUT2D eigenvalue weighted by Gasteiger charge is 2.33. The van der Waals surface area contributed by atoms with Crippen LogP contribution < -0.4 is 0 Å². The molecular formula is C12H18N2O3S. The minimum atomic E-state index is -3.05. The van der Waals surface area contributed by atoms with E-state index in [-0.39, 0.29) is 17.0 Å². The van der Waals surface area contributed by atoms with Gasteiger partial charge in [0.15, 0.2) is 5.78 Å². The number of ketones is 1. The zero-order valence-corrected chi connectivity index (χ0v) is 11.5. The molecule has 2 rings (SSSR count). The Balaban J connectivity index is 2.15. The number of rotatable bonds is 3. The molecular weight excluding hydrogens is 252 g/mol. The number of Topliss-reactive ketones (excluding diaryl/α,β-unsaturated/α-hetero) is 1. The predicted molar refractivity (Wildman–Crippen MR) is 68.1 cm³/mol. The molecule has 0 aliphatic heterocycles. The minimum Gasteiger partial charge on any atom is -0.292 e. The van der Waals surface area contributed by atoms with Gasteiger partial charge in [0.1, 0.15) is 15.5 Å². The maximum Gasteiger partial charge on any atom is 0.183 e. The Bertz CT molecular complexity index is 547. The quantitative estimate of drug-likeness (QED) is 0.774. The maximum absolute atomic E-state index is 12.3. The average molecular weight is 270 g/mol. The second kappa shape index (κ2) is 4.84. The predicted octanol–water partition coefficient (Wildman–Crippen LogP) is 1.21. The van der Waals surface area contributed by atoms with Crippen LogP contribution in [0.2, 0.25) is 0 Å². The molecule has 100 valence electrons. The summed E-state index contributed by atoms with van der Waals surface area (Å²) in [6.45, 7) is 0. The van der Waals surface area contributed by atoms with Crippen LogP contribution in [0.5, 0.6) is 0 Å². The lowest BCUT2D eigenvalue weighted by Crippen LogP contribution is -2.31. The lowest BCUT2D eigenvalue weighted by Gasteiger charge is -2.26. The van der Waals surface area contributed by atoms with E-state index in [2.05, 4.69) is 5.10 Å². The third kappa shape index (κ3) is 2.63. The summed E-state index contributed by atoms with van der Waals surface area (Å²) >= 11 is 0. The molecule has 0 bridgehead atoms. The summed E-state index contributed by atoms with van der Waals surface area (Å²) in [5.74, 6) is -0.169. The first-order valence-electron chi connectivity index (χ1n) is 6.10. The van der Waals surface area contributed by atoms with Gasteiger partial charge in [-0.15, -0.1) is 0 Å². The standard InChI is InChI=1S/C12H18N2O3S/c1-14-11(6-7-13-14)12(15)9-4-3-5-10(8-9)18(2,16)17/h6-7,9-10H,3-5,8H2,1-2H3. The Morgan fingerprint density at radius 3 is 2.72 bits per heavy atom. The van der Waals surface area contributed by atoms with E-state index in [1.54, 1.807) is 24.0 Å². The molecule has 1 aliphatic rings. The zero-order chi connectivity index (χ0) is 13.3. The van der Waals surface area contributed by atoms with Crippen LogP contribution in [0.15, 0.2) is 12.3 Å². The summed E-state index contributed by atoms with van der Waals surface area (Å²) in [7, 11) is -1.32. The SMILES string of the molecule is Cn1nccc1C(=O)C1CCCC(S(C)(=O)=O)C1. The first kappa shape index (κ1) is 13.3. The van der Waals surface area contributed by atoms with E-state index >= 15 is 0 Å². The second-order valence-corrected chi connectivity index (χ2v) is 7.35. The van der Waals surface area contributed by atoms with Crippen molar-refractivity contribution in [3.8, 4) is 0 Å². The van der Waals surface area contributed by atoms with Gasteiger partial charge in [-0.05, 0) is 25.3 Å². The fourth-order valence-electron chi connectivity index (χ4n) is 2.60. The summed E-state index contributed by atoms with van der Waals surface area (Å²) in [6.07, 6.45) is 5.54. The number of carbonyl (C=O) groups excluding carboxylic acids is 1. The molecule has 0 spiro atoms. The molecule has 0 amide bonds. The van der Waals surface area contributed by atoms with Crippen LogP contribution in [-0.4, -0.2) is 35.5 Å². The van der Waals surface area contributed by atoms with E-state index in [4.69, 9.17) is 0 Å². The highest BCUT2D eigenvalue weighted by molar-refractivity contribution is 7.91. The van der Waals surface area contributed by atoms with Crippen LogP contribution in [-0.2, 0) is 16.9 Å². The number of hydrogen-bond acceptors (Lipinski definition) is 4. The second-order valence-electron chi connectivity index (χ2n) is 5.02. The molecule has 1 aromatic heterocycles. The largest absolute Gasteiger partial charge is 0.292 e. The van der Waals surface area contributed by atoms with Gasteiger partial charge < -0.3 is 0 Å². The van der Waals surface area contributed by atoms with Crippen molar-refractivity contribution in [3.63, 3.8) is 0 Å². The molecule has 0 N–H and O–H groups in total. The van der Waals surface area contributed by atoms with Crippen molar-refractivity contribution in [2.75, 3.05) is 6.26 Å². The van der Waals surface area contributed by atoms with Crippen molar-refractivity contribution < 1.29 is 13.2 Å². The first-order chi connectivity index (χ1) is 8.39. The van der Waals surface area contributed by atoms with Gasteiger partial charge in [0.2, 0.25) is 0 Å². The fourth-order valence-corrected chi connectivity index (χ4v) is 3.77. The molecule has 1 heterocycles. The highest BCUT2D eigenvalue weighted by Crippen LogP contribution is 2.30. The van der Waals surface area contributed by atoms with E-state index in [1.807, 2.05) is 0 Å². The highest BCUT2D eigenvalue weighted by atomic mass is 32.2. The van der Waals surface area contributed by atoms with E-state index in [0.717, 1.165) is 12.8 Å².